The maximum atomic E-state index is 8.37. The van der Waals surface area contributed by atoms with Crippen molar-refractivity contribution >= 4 is 16.9 Å². The van der Waals surface area contributed by atoms with Crippen molar-refractivity contribution in [3.63, 3.8) is 0 Å². The smallest absolute Gasteiger partial charge is 0.0689 e. The first-order valence-electron chi connectivity index (χ1n) is 3.87. The standard InChI is InChI=1S/C9H11N3S/c1-7(8-5-4-6-13-8)9(2,3)11-12-10/h4-6H,1H2,2-3H3. The van der Waals surface area contributed by atoms with Crippen LogP contribution in [0.1, 0.15) is 18.7 Å². The molecule has 0 unspecified atom stereocenters. The lowest BCUT2D eigenvalue weighted by Gasteiger charge is -2.19. The van der Waals surface area contributed by atoms with Gasteiger partial charge in [0.25, 0.3) is 0 Å². The topological polar surface area (TPSA) is 48.8 Å². The first kappa shape index (κ1) is 9.84. The van der Waals surface area contributed by atoms with Crippen LogP contribution in [0.4, 0.5) is 0 Å². The summed E-state index contributed by atoms with van der Waals surface area (Å²) in [5.41, 5.74) is 8.69. The highest BCUT2D eigenvalue weighted by atomic mass is 32.1. The van der Waals surface area contributed by atoms with Crippen molar-refractivity contribution in [3.8, 4) is 0 Å². The zero-order chi connectivity index (χ0) is 9.90. The van der Waals surface area contributed by atoms with Gasteiger partial charge in [-0.15, -0.1) is 11.3 Å². The van der Waals surface area contributed by atoms with Crippen LogP contribution in [-0.4, -0.2) is 5.54 Å². The van der Waals surface area contributed by atoms with Crippen molar-refractivity contribution in [2.24, 2.45) is 5.11 Å². The summed E-state index contributed by atoms with van der Waals surface area (Å²) in [6.07, 6.45) is 0. The SMILES string of the molecule is C=C(c1cccs1)C(C)(C)N=[N+]=[N-]. The minimum atomic E-state index is -0.542. The largest absolute Gasteiger partial charge is 0.144 e. The van der Waals surface area contributed by atoms with Gasteiger partial charge in [-0.3, -0.25) is 0 Å². The van der Waals surface area contributed by atoms with Crippen molar-refractivity contribution in [2.75, 3.05) is 0 Å². The fourth-order valence-electron chi connectivity index (χ4n) is 0.924. The van der Waals surface area contributed by atoms with Crippen LogP contribution in [0.2, 0.25) is 0 Å². The molecule has 0 saturated carbocycles. The molecule has 0 aromatic carbocycles. The summed E-state index contributed by atoms with van der Waals surface area (Å²) in [6, 6.07) is 3.93. The summed E-state index contributed by atoms with van der Waals surface area (Å²) in [4.78, 5) is 3.87. The van der Waals surface area contributed by atoms with E-state index in [4.69, 9.17) is 5.53 Å². The lowest BCUT2D eigenvalue weighted by Crippen LogP contribution is -2.16. The highest BCUT2D eigenvalue weighted by Gasteiger charge is 2.21. The van der Waals surface area contributed by atoms with Gasteiger partial charge in [-0.25, -0.2) is 0 Å². The lowest BCUT2D eigenvalue weighted by molar-refractivity contribution is 0.672. The van der Waals surface area contributed by atoms with Gasteiger partial charge in [0.1, 0.15) is 0 Å². The molecule has 0 aliphatic carbocycles. The molecule has 1 aromatic heterocycles. The van der Waals surface area contributed by atoms with Crippen LogP contribution in [0.3, 0.4) is 0 Å². The quantitative estimate of drug-likeness (QED) is 0.398. The van der Waals surface area contributed by atoms with Gasteiger partial charge in [0.15, 0.2) is 0 Å². The molecule has 0 N–H and O–H groups in total. The van der Waals surface area contributed by atoms with Crippen LogP contribution in [0.5, 0.6) is 0 Å². The van der Waals surface area contributed by atoms with Crippen LogP contribution in [0.15, 0.2) is 29.2 Å². The molecule has 1 heterocycles. The van der Waals surface area contributed by atoms with E-state index in [9.17, 15) is 0 Å². The number of hydrogen-bond acceptors (Lipinski definition) is 2. The average molecular weight is 193 g/mol. The normalized spacial score (nSPS) is 10.6. The second kappa shape index (κ2) is 3.64. The highest BCUT2D eigenvalue weighted by molar-refractivity contribution is 7.11. The Labute approximate surface area is 81.3 Å². The van der Waals surface area contributed by atoms with Gasteiger partial charge in [0.05, 0.1) is 5.54 Å². The Morgan fingerprint density at radius 1 is 1.69 bits per heavy atom. The molecule has 0 radical (unpaired) electrons. The van der Waals surface area contributed by atoms with Gasteiger partial charge in [-0.1, -0.05) is 31.6 Å². The average Bonchev–Trinajstić information content (AvgIpc) is 2.54. The van der Waals surface area contributed by atoms with E-state index < -0.39 is 5.54 Å². The van der Waals surface area contributed by atoms with Gasteiger partial charge in [-0.2, -0.15) is 0 Å². The van der Waals surface area contributed by atoms with E-state index in [2.05, 4.69) is 16.6 Å². The Morgan fingerprint density at radius 2 is 2.38 bits per heavy atom. The predicted octanol–water partition coefficient (Wildman–Crippen LogP) is 3.85. The van der Waals surface area contributed by atoms with Gasteiger partial charge in [0.2, 0.25) is 0 Å². The van der Waals surface area contributed by atoms with Crippen molar-refractivity contribution < 1.29 is 0 Å². The van der Waals surface area contributed by atoms with E-state index in [-0.39, 0.29) is 0 Å². The summed E-state index contributed by atoms with van der Waals surface area (Å²) in [6.45, 7) is 7.64. The number of hydrogen-bond donors (Lipinski definition) is 0. The fraction of sp³-hybridized carbons (Fsp3) is 0.333. The Hall–Kier alpha value is -1.25. The van der Waals surface area contributed by atoms with E-state index in [1.807, 2.05) is 31.4 Å². The summed E-state index contributed by atoms with van der Waals surface area (Å²) < 4.78 is 0. The Morgan fingerprint density at radius 3 is 2.85 bits per heavy atom. The molecule has 68 valence electrons. The molecular formula is C9H11N3S. The molecule has 0 aliphatic rings. The highest BCUT2D eigenvalue weighted by Crippen LogP contribution is 2.31. The van der Waals surface area contributed by atoms with Crippen LogP contribution >= 0.6 is 11.3 Å². The van der Waals surface area contributed by atoms with Crippen LogP contribution in [0.25, 0.3) is 16.0 Å². The van der Waals surface area contributed by atoms with E-state index >= 15 is 0 Å². The molecule has 3 nitrogen and oxygen atoms in total. The summed E-state index contributed by atoms with van der Waals surface area (Å²) in [5.74, 6) is 0. The van der Waals surface area contributed by atoms with Crippen molar-refractivity contribution in [2.45, 2.75) is 19.4 Å². The summed E-state index contributed by atoms with van der Waals surface area (Å²) in [5, 5.41) is 5.68. The number of azide groups is 1. The molecule has 1 aromatic rings. The van der Waals surface area contributed by atoms with Crippen molar-refractivity contribution in [3.05, 3.63) is 39.4 Å². The monoisotopic (exact) mass is 193 g/mol. The third-order valence-corrected chi connectivity index (χ3v) is 2.78. The third-order valence-electron chi connectivity index (χ3n) is 1.85. The molecular weight excluding hydrogens is 182 g/mol. The second-order valence-electron chi connectivity index (χ2n) is 3.20. The van der Waals surface area contributed by atoms with Crippen LogP contribution < -0.4 is 0 Å². The van der Waals surface area contributed by atoms with E-state index in [1.54, 1.807) is 11.3 Å². The second-order valence-corrected chi connectivity index (χ2v) is 4.15. The summed E-state index contributed by atoms with van der Waals surface area (Å²) >= 11 is 1.60. The zero-order valence-corrected chi connectivity index (χ0v) is 8.51. The van der Waals surface area contributed by atoms with Gasteiger partial charge < -0.3 is 0 Å². The Bertz CT molecular complexity index is 345. The Balaban J connectivity index is 2.97. The van der Waals surface area contributed by atoms with Gasteiger partial charge in [0, 0.05) is 9.79 Å². The number of thiophene rings is 1. The molecule has 0 spiro atoms. The van der Waals surface area contributed by atoms with Crippen molar-refractivity contribution in [1.29, 1.82) is 0 Å². The molecule has 0 amide bonds. The predicted molar refractivity (Wildman–Crippen MR) is 56.6 cm³/mol. The first-order valence-corrected chi connectivity index (χ1v) is 4.75. The fourth-order valence-corrected chi connectivity index (χ4v) is 1.78. The van der Waals surface area contributed by atoms with Crippen LogP contribution in [0, 0.1) is 0 Å². The minimum Gasteiger partial charge on any atom is -0.144 e. The van der Waals surface area contributed by atoms with Gasteiger partial charge in [-0.05, 0) is 22.6 Å². The van der Waals surface area contributed by atoms with Crippen molar-refractivity contribution in [1.82, 2.24) is 0 Å². The maximum Gasteiger partial charge on any atom is 0.0689 e. The summed E-state index contributed by atoms with van der Waals surface area (Å²) in [7, 11) is 0. The molecule has 0 bridgehead atoms. The number of nitrogens with zero attached hydrogens (tertiary/aromatic N) is 3. The van der Waals surface area contributed by atoms with E-state index in [0.29, 0.717) is 0 Å². The molecule has 4 heteroatoms. The molecule has 0 saturated heterocycles. The Kier molecular flexibility index (Phi) is 2.76. The van der Waals surface area contributed by atoms with Crippen LogP contribution in [-0.2, 0) is 0 Å². The zero-order valence-electron chi connectivity index (χ0n) is 7.69. The first-order chi connectivity index (χ1) is 6.08. The maximum absolute atomic E-state index is 8.37. The third kappa shape index (κ3) is 2.11. The molecule has 1 rings (SSSR count). The molecule has 0 fully saturated rings. The lowest BCUT2D eigenvalue weighted by atomic mass is 9.95. The molecule has 0 aliphatic heterocycles. The molecule has 0 atom stereocenters. The van der Waals surface area contributed by atoms with Gasteiger partial charge >= 0.3 is 0 Å². The van der Waals surface area contributed by atoms with E-state index in [1.165, 1.54) is 0 Å². The molecule has 13 heavy (non-hydrogen) atoms. The van der Waals surface area contributed by atoms with E-state index in [0.717, 1.165) is 10.5 Å². The minimum absolute atomic E-state index is 0.542. The number of rotatable bonds is 3.